The number of nitrogens with one attached hydrogen (secondary N) is 1. The second-order valence-electron chi connectivity index (χ2n) is 5.14. The average Bonchev–Trinajstić information content (AvgIpc) is 2.41. The minimum atomic E-state index is 0.288. The van der Waals surface area contributed by atoms with E-state index in [9.17, 15) is 0 Å². The van der Waals surface area contributed by atoms with Crippen molar-refractivity contribution >= 4 is 23.2 Å². The Morgan fingerprint density at radius 3 is 2.84 bits per heavy atom. The Labute approximate surface area is 123 Å². The molecule has 0 saturated carbocycles. The zero-order chi connectivity index (χ0) is 13.2. The molecule has 19 heavy (non-hydrogen) atoms. The molecule has 1 aliphatic heterocycles. The van der Waals surface area contributed by atoms with Gasteiger partial charge in [0, 0.05) is 29.1 Å². The summed E-state index contributed by atoms with van der Waals surface area (Å²) < 4.78 is 5.68. The van der Waals surface area contributed by atoms with Gasteiger partial charge in [-0.05, 0) is 31.4 Å². The van der Waals surface area contributed by atoms with E-state index in [2.05, 4.69) is 17.5 Å². The fourth-order valence-electron chi connectivity index (χ4n) is 2.83. The van der Waals surface area contributed by atoms with Crippen molar-refractivity contribution in [3.8, 4) is 5.75 Å². The van der Waals surface area contributed by atoms with Crippen LogP contribution in [0.25, 0.3) is 0 Å². The SMILES string of the molecule is Clc1cc(Cl)c2c(c1)C(NC1CC=CCC1)CCO2. The standard InChI is InChI=1S/C15H17Cl2NO/c16-10-8-12-14(18-11-4-2-1-3-5-11)6-7-19-15(12)13(17)9-10/h1-2,8-9,11,14,18H,3-7H2. The molecule has 0 fully saturated rings. The van der Waals surface area contributed by atoms with Crippen molar-refractivity contribution in [2.45, 2.75) is 37.8 Å². The predicted octanol–water partition coefficient (Wildman–Crippen LogP) is 4.52. The van der Waals surface area contributed by atoms with Gasteiger partial charge in [-0.1, -0.05) is 35.4 Å². The van der Waals surface area contributed by atoms with Gasteiger partial charge in [0.25, 0.3) is 0 Å². The second-order valence-corrected chi connectivity index (χ2v) is 5.99. The number of allylic oxidation sites excluding steroid dienone is 1. The van der Waals surface area contributed by atoms with Crippen LogP contribution in [-0.2, 0) is 0 Å². The third kappa shape index (κ3) is 2.91. The zero-order valence-electron chi connectivity index (χ0n) is 10.7. The van der Waals surface area contributed by atoms with Gasteiger partial charge < -0.3 is 10.1 Å². The lowest BCUT2D eigenvalue weighted by Crippen LogP contribution is -2.36. The number of ether oxygens (including phenoxy) is 1. The third-order valence-corrected chi connectivity index (χ3v) is 4.27. The summed E-state index contributed by atoms with van der Waals surface area (Å²) in [6, 6.07) is 4.54. The highest BCUT2D eigenvalue weighted by molar-refractivity contribution is 6.35. The maximum atomic E-state index is 6.21. The highest BCUT2D eigenvalue weighted by Gasteiger charge is 2.26. The number of benzene rings is 1. The molecule has 0 amide bonds. The van der Waals surface area contributed by atoms with Crippen molar-refractivity contribution in [3.63, 3.8) is 0 Å². The Bertz CT molecular complexity index is 501. The number of halogens is 2. The van der Waals surface area contributed by atoms with Gasteiger partial charge in [0.15, 0.2) is 0 Å². The van der Waals surface area contributed by atoms with Crippen molar-refractivity contribution < 1.29 is 4.74 Å². The van der Waals surface area contributed by atoms with Gasteiger partial charge in [-0.15, -0.1) is 0 Å². The van der Waals surface area contributed by atoms with E-state index < -0.39 is 0 Å². The van der Waals surface area contributed by atoms with Gasteiger partial charge in [0.1, 0.15) is 5.75 Å². The molecule has 0 aromatic heterocycles. The number of fused-ring (bicyclic) bond motifs is 1. The average molecular weight is 298 g/mol. The molecule has 1 aromatic rings. The topological polar surface area (TPSA) is 21.3 Å². The van der Waals surface area contributed by atoms with Crippen LogP contribution in [0, 0.1) is 0 Å². The van der Waals surface area contributed by atoms with Crippen LogP contribution in [-0.4, -0.2) is 12.6 Å². The smallest absolute Gasteiger partial charge is 0.142 e. The maximum absolute atomic E-state index is 6.21. The van der Waals surface area contributed by atoms with Crippen molar-refractivity contribution in [1.29, 1.82) is 0 Å². The second kappa shape index (κ2) is 5.74. The molecule has 102 valence electrons. The van der Waals surface area contributed by atoms with Gasteiger partial charge in [0.05, 0.1) is 11.6 Å². The quantitative estimate of drug-likeness (QED) is 0.811. The van der Waals surface area contributed by atoms with Crippen LogP contribution in [0.1, 0.15) is 37.3 Å². The molecule has 1 heterocycles. The molecule has 4 heteroatoms. The number of hydrogen-bond acceptors (Lipinski definition) is 2. The first-order valence-corrected chi connectivity index (χ1v) is 7.52. The minimum absolute atomic E-state index is 0.288. The van der Waals surface area contributed by atoms with Gasteiger partial charge in [-0.2, -0.15) is 0 Å². The normalized spacial score (nSPS) is 25.8. The van der Waals surface area contributed by atoms with Gasteiger partial charge in [-0.25, -0.2) is 0 Å². The zero-order valence-corrected chi connectivity index (χ0v) is 12.2. The van der Waals surface area contributed by atoms with Crippen molar-refractivity contribution in [2.75, 3.05) is 6.61 Å². The van der Waals surface area contributed by atoms with Crippen LogP contribution < -0.4 is 10.1 Å². The molecule has 0 radical (unpaired) electrons. The minimum Gasteiger partial charge on any atom is -0.492 e. The van der Waals surface area contributed by atoms with Crippen LogP contribution in [0.5, 0.6) is 5.75 Å². The summed E-state index contributed by atoms with van der Waals surface area (Å²) in [5.74, 6) is 0.793. The summed E-state index contributed by atoms with van der Waals surface area (Å²) in [6.07, 6.45) is 8.92. The highest BCUT2D eigenvalue weighted by atomic mass is 35.5. The Hall–Kier alpha value is -0.700. The maximum Gasteiger partial charge on any atom is 0.142 e. The van der Waals surface area contributed by atoms with Crippen LogP contribution in [0.4, 0.5) is 0 Å². The van der Waals surface area contributed by atoms with E-state index in [-0.39, 0.29) is 6.04 Å². The molecule has 3 rings (SSSR count). The van der Waals surface area contributed by atoms with Gasteiger partial charge in [0.2, 0.25) is 0 Å². The Kier molecular flexibility index (Phi) is 4.01. The lowest BCUT2D eigenvalue weighted by Gasteiger charge is -2.31. The molecular formula is C15H17Cl2NO. The van der Waals surface area contributed by atoms with Crippen LogP contribution in [0.15, 0.2) is 24.3 Å². The largest absolute Gasteiger partial charge is 0.492 e. The molecule has 2 aliphatic rings. The molecule has 2 nitrogen and oxygen atoms in total. The predicted molar refractivity (Wildman–Crippen MR) is 79.2 cm³/mol. The van der Waals surface area contributed by atoms with E-state index >= 15 is 0 Å². The molecule has 1 N–H and O–H groups in total. The first-order chi connectivity index (χ1) is 9.24. The molecule has 2 atom stereocenters. The molecule has 0 bridgehead atoms. The lowest BCUT2D eigenvalue weighted by atomic mass is 9.96. The van der Waals surface area contributed by atoms with Gasteiger partial charge in [-0.3, -0.25) is 0 Å². The van der Waals surface area contributed by atoms with E-state index in [0.717, 1.165) is 30.6 Å². The lowest BCUT2D eigenvalue weighted by molar-refractivity contribution is 0.241. The van der Waals surface area contributed by atoms with E-state index in [4.69, 9.17) is 27.9 Å². The summed E-state index contributed by atoms with van der Waals surface area (Å²) in [4.78, 5) is 0. The fraction of sp³-hybridized carbons (Fsp3) is 0.467. The monoisotopic (exact) mass is 297 g/mol. The molecule has 0 spiro atoms. The Morgan fingerprint density at radius 2 is 2.05 bits per heavy atom. The van der Waals surface area contributed by atoms with Crippen LogP contribution >= 0.6 is 23.2 Å². The fourth-order valence-corrected chi connectivity index (χ4v) is 3.39. The summed E-state index contributed by atoms with van der Waals surface area (Å²) >= 11 is 12.3. The summed E-state index contributed by atoms with van der Waals surface area (Å²) in [7, 11) is 0. The number of hydrogen-bond donors (Lipinski definition) is 1. The van der Waals surface area contributed by atoms with Crippen LogP contribution in [0.3, 0.4) is 0 Å². The molecule has 0 saturated heterocycles. The summed E-state index contributed by atoms with van der Waals surface area (Å²) in [5, 5.41) is 5.00. The van der Waals surface area contributed by atoms with E-state index in [1.54, 1.807) is 6.07 Å². The Morgan fingerprint density at radius 1 is 1.16 bits per heavy atom. The third-order valence-electron chi connectivity index (χ3n) is 3.77. The highest BCUT2D eigenvalue weighted by Crippen LogP contribution is 2.40. The van der Waals surface area contributed by atoms with Crippen LogP contribution in [0.2, 0.25) is 10.0 Å². The van der Waals surface area contributed by atoms with Crippen molar-refractivity contribution in [1.82, 2.24) is 5.32 Å². The molecular weight excluding hydrogens is 281 g/mol. The van der Waals surface area contributed by atoms with E-state index in [1.165, 1.54) is 6.42 Å². The van der Waals surface area contributed by atoms with E-state index in [0.29, 0.717) is 22.7 Å². The molecule has 1 aromatic carbocycles. The number of rotatable bonds is 2. The first-order valence-electron chi connectivity index (χ1n) is 6.77. The molecule has 1 aliphatic carbocycles. The van der Waals surface area contributed by atoms with E-state index in [1.807, 2.05) is 6.07 Å². The Balaban J connectivity index is 1.83. The molecule has 2 unspecified atom stereocenters. The summed E-state index contributed by atoms with van der Waals surface area (Å²) in [5.41, 5.74) is 1.10. The van der Waals surface area contributed by atoms with Crippen molar-refractivity contribution in [2.24, 2.45) is 0 Å². The first kappa shape index (κ1) is 13.3. The van der Waals surface area contributed by atoms with Crippen molar-refractivity contribution in [3.05, 3.63) is 39.9 Å². The summed E-state index contributed by atoms with van der Waals surface area (Å²) in [6.45, 7) is 0.703. The van der Waals surface area contributed by atoms with Gasteiger partial charge >= 0.3 is 0 Å².